The number of alkyl halides is 3. The Morgan fingerprint density at radius 2 is 1.76 bits per heavy atom. The highest BCUT2D eigenvalue weighted by Crippen LogP contribution is 2.29. The smallest absolute Gasteiger partial charge is 0.416 e. The molecular formula is C24H20F3N3O3. The highest BCUT2D eigenvalue weighted by Gasteiger charge is 2.30. The molecule has 0 N–H and O–H groups in total. The molecule has 0 spiro atoms. The van der Waals surface area contributed by atoms with E-state index in [1.54, 1.807) is 12.1 Å². The predicted octanol–water partition coefficient (Wildman–Crippen LogP) is 5.54. The maximum atomic E-state index is 13.0. The Hall–Kier alpha value is -3.88. The van der Waals surface area contributed by atoms with Crippen molar-refractivity contribution in [2.24, 2.45) is 0 Å². The van der Waals surface area contributed by atoms with E-state index in [2.05, 4.69) is 10.1 Å². The number of furan rings is 1. The van der Waals surface area contributed by atoms with Gasteiger partial charge in [-0.2, -0.15) is 18.2 Å². The SMILES string of the molecule is Cc1ccc(-c2noc(CCN(Cc3ccco3)C(=O)c3ccc(C(F)(F)F)cc3)n2)cc1. The molecule has 2 heterocycles. The van der Waals surface area contributed by atoms with Gasteiger partial charge in [0.05, 0.1) is 18.4 Å². The van der Waals surface area contributed by atoms with E-state index in [-0.39, 0.29) is 25.1 Å². The second-order valence-corrected chi connectivity index (χ2v) is 7.51. The van der Waals surface area contributed by atoms with Gasteiger partial charge >= 0.3 is 6.18 Å². The zero-order valence-corrected chi connectivity index (χ0v) is 17.7. The fraction of sp³-hybridized carbons (Fsp3) is 0.208. The molecule has 0 bridgehead atoms. The molecule has 33 heavy (non-hydrogen) atoms. The molecule has 6 nitrogen and oxygen atoms in total. The first-order valence-electron chi connectivity index (χ1n) is 10.2. The van der Waals surface area contributed by atoms with Gasteiger partial charge in [0, 0.05) is 24.1 Å². The van der Waals surface area contributed by atoms with Crippen LogP contribution in [0.25, 0.3) is 11.4 Å². The van der Waals surface area contributed by atoms with Crippen LogP contribution in [0.5, 0.6) is 0 Å². The first kappa shape index (κ1) is 22.3. The molecule has 0 aliphatic carbocycles. The van der Waals surface area contributed by atoms with Crippen molar-refractivity contribution in [2.45, 2.75) is 26.1 Å². The van der Waals surface area contributed by atoms with Gasteiger partial charge in [-0.25, -0.2) is 0 Å². The number of amides is 1. The summed E-state index contributed by atoms with van der Waals surface area (Å²) in [7, 11) is 0. The van der Waals surface area contributed by atoms with Gasteiger partial charge in [0.2, 0.25) is 11.7 Å². The van der Waals surface area contributed by atoms with Crippen molar-refractivity contribution < 1.29 is 26.9 Å². The number of carbonyl (C=O) groups excluding carboxylic acids is 1. The van der Waals surface area contributed by atoms with Gasteiger partial charge in [-0.05, 0) is 43.3 Å². The molecule has 0 fully saturated rings. The lowest BCUT2D eigenvalue weighted by molar-refractivity contribution is -0.137. The third-order valence-corrected chi connectivity index (χ3v) is 5.05. The van der Waals surface area contributed by atoms with Gasteiger partial charge in [-0.15, -0.1) is 0 Å². The number of benzene rings is 2. The van der Waals surface area contributed by atoms with Crippen LogP contribution in [0.1, 0.15) is 33.1 Å². The number of rotatable bonds is 7. The molecule has 0 aliphatic heterocycles. The van der Waals surface area contributed by atoms with Crippen LogP contribution >= 0.6 is 0 Å². The molecule has 4 aromatic rings. The van der Waals surface area contributed by atoms with E-state index < -0.39 is 17.6 Å². The zero-order chi connectivity index (χ0) is 23.4. The summed E-state index contributed by atoms with van der Waals surface area (Å²) in [4.78, 5) is 18.9. The van der Waals surface area contributed by atoms with Crippen molar-refractivity contribution in [1.29, 1.82) is 0 Å². The number of carbonyl (C=O) groups is 1. The van der Waals surface area contributed by atoms with Crippen molar-refractivity contribution in [3.8, 4) is 11.4 Å². The summed E-state index contributed by atoms with van der Waals surface area (Å²) in [6.45, 7) is 2.33. The molecule has 9 heteroatoms. The van der Waals surface area contributed by atoms with Gasteiger partial charge < -0.3 is 13.8 Å². The summed E-state index contributed by atoms with van der Waals surface area (Å²) < 4.78 is 49.2. The molecule has 0 radical (unpaired) electrons. The minimum atomic E-state index is -4.47. The number of halogens is 3. The maximum absolute atomic E-state index is 13.0. The van der Waals surface area contributed by atoms with E-state index in [1.165, 1.54) is 23.3 Å². The molecule has 170 valence electrons. The van der Waals surface area contributed by atoms with Crippen molar-refractivity contribution in [1.82, 2.24) is 15.0 Å². The quantitative estimate of drug-likeness (QED) is 0.366. The molecule has 2 aromatic carbocycles. The van der Waals surface area contributed by atoms with E-state index in [1.807, 2.05) is 31.2 Å². The van der Waals surface area contributed by atoms with E-state index in [0.717, 1.165) is 23.3 Å². The number of nitrogens with zero attached hydrogens (tertiary/aromatic N) is 3. The van der Waals surface area contributed by atoms with E-state index in [0.29, 0.717) is 17.5 Å². The highest BCUT2D eigenvalue weighted by atomic mass is 19.4. The second-order valence-electron chi connectivity index (χ2n) is 7.51. The Balaban J connectivity index is 1.49. The van der Waals surface area contributed by atoms with Crippen LogP contribution in [-0.4, -0.2) is 27.5 Å². The van der Waals surface area contributed by atoms with Crippen molar-refractivity contribution in [3.05, 3.63) is 95.3 Å². The molecule has 0 saturated heterocycles. The summed E-state index contributed by atoms with van der Waals surface area (Å²) >= 11 is 0. The Kier molecular flexibility index (Phi) is 6.30. The summed E-state index contributed by atoms with van der Waals surface area (Å²) in [5.74, 6) is 0.895. The standard InChI is InChI=1S/C24H20F3N3O3/c1-16-4-6-17(7-5-16)22-28-21(33-29-22)12-13-30(15-20-3-2-14-32-20)23(31)18-8-10-19(11-9-18)24(25,26)27/h2-11,14H,12-13,15H2,1H3. The summed E-state index contributed by atoms with van der Waals surface area (Å²) in [5, 5.41) is 3.99. The Morgan fingerprint density at radius 1 is 1.03 bits per heavy atom. The average Bonchev–Trinajstić information content (AvgIpc) is 3.48. The summed E-state index contributed by atoms with van der Waals surface area (Å²) in [5.41, 5.74) is 1.24. The first-order chi connectivity index (χ1) is 15.8. The molecule has 2 aromatic heterocycles. The maximum Gasteiger partial charge on any atom is 0.416 e. The van der Waals surface area contributed by atoms with E-state index in [9.17, 15) is 18.0 Å². The Morgan fingerprint density at radius 3 is 2.39 bits per heavy atom. The van der Waals surface area contributed by atoms with Crippen molar-refractivity contribution in [3.63, 3.8) is 0 Å². The van der Waals surface area contributed by atoms with E-state index in [4.69, 9.17) is 8.94 Å². The van der Waals surface area contributed by atoms with Crippen LogP contribution in [0.3, 0.4) is 0 Å². The zero-order valence-electron chi connectivity index (χ0n) is 17.7. The third kappa shape index (κ3) is 5.49. The predicted molar refractivity (Wildman–Crippen MR) is 113 cm³/mol. The number of aromatic nitrogens is 2. The van der Waals surface area contributed by atoms with Gasteiger partial charge in [0.1, 0.15) is 5.76 Å². The highest BCUT2D eigenvalue weighted by molar-refractivity contribution is 5.94. The third-order valence-electron chi connectivity index (χ3n) is 5.05. The van der Waals surface area contributed by atoms with Crippen LogP contribution in [0.4, 0.5) is 13.2 Å². The van der Waals surface area contributed by atoms with Crippen LogP contribution < -0.4 is 0 Å². The largest absolute Gasteiger partial charge is 0.467 e. The summed E-state index contributed by atoms with van der Waals surface area (Å²) in [6.07, 6.45) is -2.71. The van der Waals surface area contributed by atoms with Gasteiger partial charge in [0.15, 0.2) is 0 Å². The van der Waals surface area contributed by atoms with Gasteiger partial charge in [0.25, 0.3) is 5.91 Å². The minimum Gasteiger partial charge on any atom is -0.467 e. The minimum absolute atomic E-state index is 0.139. The van der Waals surface area contributed by atoms with Crippen molar-refractivity contribution >= 4 is 5.91 Å². The topological polar surface area (TPSA) is 72.4 Å². The van der Waals surface area contributed by atoms with Crippen LogP contribution in [-0.2, 0) is 19.1 Å². The molecule has 0 aliphatic rings. The lowest BCUT2D eigenvalue weighted by Crippen LogP contribution is -2.32. The normalized spacial score (nSPS) is 11.5. The molecule has 0 unspecified atom stereocenters. The van der Waals surface area contributed by atoms with Gasteiger partial charge in [-0.3, -0.25) is 4.79 Å². The molecule has 0 atom stereocenters. The van der Waals surface area contributed by atoms with Crippen LogP contribution in [0.15, 0.2) is 75.9 Å². The molecular weight excluding hydrogens is 435 g/mol. The number of hydrogen-bond acceptors (Lipinski definition) is 5. The Bertz CT molecular complexity index is 1200. The average molecular weight is 455 g/mol. The van der Waals surface area contributed by atoms with E-state index >= 15 is 0 Å². The Labute approximate surface area is 187 Å². The summed E-state index contributed by atoms with van der Waals surface area (Å²) in [6, 6.07) is 15.2. The molecule has 1 amide bonds. The number of aryl methyl sites for hydroxylation is 1. The van der Waals surface area contributed by atoms with Crippen LogP contribution in [0.2, 0.25) is 0 Å². The van der Waals surface area contributed by atoms with Gasteiger partial charge in [-0.1, -0.05) is 35.0 Å². The monoisotopic (exact) mass is 455 g/mol. The van der Waals surface area contributed by atoms with Crippen molar-refractivity contribution in [2.75, 3.05) is 6.54 Å². The lowest BCUT2D eigenvalue weighted by Gasteiger charge is -2.21. The fourth-order valence-corrected chi connectivity index (χ4v) is 3.23. The lowest BCUT2D eigenvalue weighted by atomic mass is 10.1. The van der Waals surface area contributed by atoms with Crippen LogP contribution in [0, 0.1) is 6.92 Å². The fourth-order valence-electron chi connectivity index (χ4n) is 3.23. The first-order valence-corrected chi connectivity index (χ1v) is 10.2. The molecule has 0 saturated carbocycles. The second kappa shape index (κ2) is 9.32. The molecule has 4 rings (SSSR count). The number of hydrogen-bond donors (Lipinski definition) is 0.